The molecule has 0 aliphatic heterocycles. The average molecular weight is 530 g/mol. The van der Waals surface area contributed by atoms with Crippen LogP contribution in [0.15, 0.2) is 71.3 Å². The number of aromatic nitrogens is 1. The van der Waals surface area contributed by atoms with Crippen LogP contribution in [0.3, 0.4) is 0 Å². The summed E-state index contributed by atoms with van der Waals surface area (Å²) in [6.45, 7) is 3.96. The lowest BCUT2D eigenvalue weighted by atomic mass is 9.93. The summed E-state index contributed by atoms with van der Waals surface area (Å²) in [7, 11) is 0. The van der Waals surface area contributed by atoms with Gasteiger partial charge in [0.2, 0.25) is 0 Å². The Labute approximate surface area is 225 Å². The molecule has 0 amide bonds. The lowest BCUT2D eigenvalue weighted by Crippen LogP contribution is -2.23. The van der Waals surface area contributed by atoms with Crippen LogP contribution in [0.25, 0.3) is 22.5 Å². The number of aryl methyl sites for hydroxylation is 1. The minimum Gasteiger partial charge on any atom is -0.465 e. The highest BCUT2D eigenvalue weighted by Crippen LogP contribution is 2.49. The Morgan fingerprint density at radius 2 is 1.49 bits per heavy atom. The van der Waals surface area contributed by atoms with Gasteiger partial charge in [-0.05, 0) is 61.9 Å². The van der Waals surface area contributed by atoms with E-state index in [1.165, 1.54) is 18.2 Å². The lowest BCUT2D eigenvalue weighted by Gasteiger charge is -2.14. The van der Waals surface area contributed by atoms with Crippen LogP contribution in [0.1, 0.15) is 48.6 Å². The summed E-state index contributed by atoms with van der Waals surface area (Å²) < 4.78 is 38.7. The molecule has 4 aromatic rings. The Hall–Kier alpha value is -4.13. The summed E-state index contributed by atoms with van der Waals surface area (Å²) in [5, 5.41) is 4.05. The largest absolute Gasteiger partial charge is 0.465 e. The lowest BCUT2D eigenvalue weighted by molar-refractivity contribution is -0.146. The van der Waals surface area contributed by atoms with Crippen molar-refractivity contribution >= 4 is 11.8 Å². The van der Waals surface area contributed by atoms with Gasteiger partial charge in [0, 0.05) is 29.5 Å². The Morgan fingerprint density at radius 1 is 0.897 bits per heavy atom. The Morgan fingerprint density at radius 3 is 2.08 bits per heavy atom. The Bertz CT molecular complexity index is 1480. The van der Waals surface area contributed by atoms with E-state index in [1.54, 1.807) is 6.92 Å². The summed E-state index contributed by atoms with van der Waals surface area (Å²) in [5.74, 6) is -1.10. The molecule has 0 atom stereocenters. The smallest absolute Gasteiger partial charge is 0.316 e. The van der Waals surface area contributed by atoms with Crippen LogP contribution in [0.5, 0.6) is 0 Å². The first-order valence-electron chi connectivity index (χ1n) is 13.1. The summed E-state index contributed by atoms with van der Waals surface area (Å²) in [4.78, 5) is 25.1. The number of Topliss-reactive ketones (excluding diaryl/α,β-unsaturated/α-hetero) is 1. The number of hydrogen-bond donors (Lipinski definition) is 0. The number of rotatable bonds is 10. The molecule has 0 bridgehead atoms. The second-order valence-electron chi connectivity index (χ2n) is 9.95. The maximum atomic E-state index is 13.9. The maximum absolute atomic E-state index is 13.9. The van der Waals surface area contributed by atoms with E-state index in [1.807, 2.05) is 55.5 Å². The normalized spacial score (nSPS) is 13.7. The van der Waals surface area contributed by atoms with Gasteiger partial charge in [-0.1, -0.05) is 59.8 Å². The van der Waals surface area contributed by atoms with Gasteiger partial charge in [0.1, 0.15) is 17.4 Å². The van der Waals surface area contributed by atoms with Crippen molar-refractivity contribution in [1.82, 2.24) is 5.16 Å². The van der Waals surface area contributed by atoms with Crippen molar-refractivity contribution in [1.29, 1.82) is 0 Å². The Kier molecular flexibility index (Phi) is 7.42. The van der Waals surface area contributed by atoms with E-state index in [4.69, 9.17) is 9.26 Å². The average Bonchev–Trinajstić information content (AvgIpc) is 3.68. The topological polar surface area (TPSA) is 69.4 Å². The van der Waals surface area contributed by atoms with E-state index < -0.39 is 17.0 Å². The highest BCUT2D eigenvalue weighted by molar-refractivity contribution is 5.87. The number of nitrogens with zero attached hydrogens (tertiary/aromatic N) is 1. The molecular formula is C32H29F2NO4. The van der Waals surface area contributed by atoms with Crippen LogP contribution < -0.4 is 0 Å². The molecule has 7 heteroatoms. The third-order valence-electron chi connectivity index (χ3n) is 7.41. The van der Waals surface area contributed by atoms with Crippen LogP contribution in [-0.2, 0) is 32.6 Å². The fourth-order valence-electron chi connectivity index (χ4n) is 4.95. The molecule has 1 heterocycles. The zero-order valence-electron chi connectivity index (χ0n) is 21.9. The second kappa shape index (κ2) is 10.9. The molecule has 3 aromatic carbocycles. The van der Waals surface area contributed by atoms with Gasteiger partial charge >= 0.3 is 5.97 Å². The number of halogens is 2. The van der Waals surface area contributed by atoms with Gasteiger partial charge in [-0.3, -0.25) is 9.59 Å². The van der Waals surface area contributed by atoms with Gasteiger partial charge < -0.3 is 9.26 Å². The zero-order valence-corrected chi connectivity index (χ0v) is 21.9. The van der Waals surface area contributed by atoms with Crippen molar-refractivity contribution in [3.05, 3.63) is 101 Å². The van der Waals surface area contributed by atoms with E-state index in [9.17, 15) is 18.4 Å². The molecule has 1 aliphatic carbocycles. The minimum absolute atomic E-state index is 0.00823. The van der Waals surface area contributed by atoms with Crippen LogP contribution >= 0.6 is 0 Å². The summed E-state index contributed by atoms with van der Waals surface area (Å²) in [6, 6.07) is 19.4. The van der Waals surface area contributed by atoms with Crippen molar-refractivity contribution in [2.45, 2.75) is 51.4 Å². The quantitative estimate of drug-likeness (QED) is 0.208. The first-order valence-corrected chi connectivity index (χ1v) is 13.1. The molecule has 1 aromatic heterocycles. The number of carbonyl (C=O) groups excluding carboxylic acids is 2. The number of benzene rings is 3. The molecule has 1 saturated carbocycles. The van der Waals surface area contributed by atoms with E-state index in [-0.39, 0.29) is 36.6 Å². The highest BCUT2D eigenvalue weighted by Gasteiger charge is 2.52. The molecule has 0 N–H and O–H groups in total. The number of esters is 1. The third kappa shape index (κ3) is 5.39. The van der Waals surface area contributed by atoms with Gasteiger partial charge in [-0.25, -0.2) is 8.78 Å². The molecule has 5 nitrogen and oxygen atoms in total. The van der Waals surface area contributed by atoms with Gasteiger partial charge in [0.05, 0.1) is 17.7 Å². The standard InChI is InChI=1S/C32H29F2NO4/c1-3-38-31(37)32(17-18-32)24-13-11-22(12-14-24)21-7-9-23(10-8-21)30-27(20(2)35-39-30)19-25(36)15-16-26-28(33)5-4-6-29(26)34/h4-14H,3,15-19H2,1-2H3. The molecule has 5 rings (SSSR count). The molecular weight excluding hydrogens is 500 g/mol. The van der Waals surface area contributed by atoms with Crippen LogP contribution in [0.2, 0.25) is 0 Å². The monoisotopic (exact) mass is 529 g/mol. The predicted molar refractivity (Wildman–Crippen MR) is 143 cm³/mol. The first-order chi connectivity index (χ1) is 18.8. The molecule has 1 fully saturated rings. The Balaban J connectivity index is 1.28. The van der Waals surface area contributed by atoms with E-state index in [2.05, 4.69) is 5.16 Å². The van der Waals surface area contributed by atoms with E-state index in [0.717, 1.165) is 35.1 Å². The molecule has 0 saturated heterocycles. The predicted octanol–water partition coefficient (Wildman–Crippen LogP) is 6.93. The molecule has 1 aliphatic rings. The van der Waals surface area contributed by atoms with Crippen molar-refractivity contribution in [3.8, 4) is 22.5 Å². The number of hydrogen-bond acceptors (Lipinski definition) is 5. The van der Waals surface area contributed by atoms with Gasteiger partial charge in [0.15, 0.2) is 5.76 Å². The first kappa shape index (κ1) is 26.5. The van der Waals surface area contributed by atoms with E-state index >= 15 is 0 Å². The van der Waals surface area contributed by atoms with Crippen LogP contribution in [-0.4, -0.2) is 23.5 Å². The fourth-order valence-corrected chi connectivity index (χ4v) is 4.95. The van der Waals surface area contributed by atoms with Crippen LogP contribution in [0, 0.1) is 18.6 Å². The van der Waals surface area contributed by atoms with Gasteiger partial charge in [-0.15, -0.1) is 0 Å². The number of carbonyl (C=O) groups is 2. The molecule has 200 valence electrons. The summed E-state index contributed by atoms with van der Waals surface area (Å²) in [5.41, 5.74) is 4.44. The van der Waals surface area contributed by atoms with Gasteiger partial charge in [0.25, 0.3) is 0 Å². The van der Waals surface area contributed by atoms with Crippen molar-refractivity contribution in [3.63, 3.8) is 0 Å². The molecule has 39 heavy (non-hydrogen) atoms. The molecule has 0 spiro atoms. The second-order valence-corrected chi connectivity index (χ2v) is 9.95. The minimum atomic E-state index is -0.648. The highest BCUT2D eigenvalue weighted by atomic mass is 19.1. The van der Waals surface area contributed by atoms with Gasteiger partial charge in [-0.2, -0.15) is 0 Å². The fraction of sp³-hybridized carbons (Fsp3) is 0.281. The number of ether oxygens (including phenoxy) is 1. The summed E-state index contributed by atoms with van der Waals surface area (Å²) in [6.07, 6.45) is 1.68. The van der Waals surface area contributed by atoms with Crippen molar-refractivity contribution in [2.75, 3.05) is 6.61 Å². The SMILES string of the molecule is CCOC(=O)C1(c2ccc(-c3ccc(-c4onc(C)c4CC(=O)CCc4c(F)cccc4F)cc3)cc2)CC1. The third-order valence-corrected chi connectivity index (χ3v) is 7.41. The zero-order chi connectivity index (χ0) is 27.6. The molecule has 0 unspecified atom stereocenters. The maximum Gasteiger partial charge on any atom is 0.316 e. The van der Waals surface area contributed by atoms with E-state index in [0.29, 0.717) is 23.6 Å². The molecule has 0 radical (unpaired) electrons. The summed E-state index contributed by atoms with van der Waals surface area (Å²) >= 11 is 0. The number of ketones is 1. The van der Waals surface area contributed by atoms with Crippen LogP contribution in [0.4, 0.5) is 8.78 Å². The van der Waals surface area contributed by atoms with Crippen molar-refractivity contribution in [2.24, 2.45) is 0 Å². The van der Waals surface area contributed by atoms with Crippen molar-refractivity contribution < 1.29 is 27.6 Å².